The molecule has 0 unspecified atom stereocenters. The van der Waals surface area contributed by atoms with Crippen LogP contribution in [-0.4, -0.2) is 15.0 Å². The summed E-state index contributed by atoms with van der Waals surface area (Å²) in [6.07, 6.45) is 0. The molecule has 0 N–H and O–H groups in total. The molecule has 1 aromatic heterocycles. The summed E-state index contributed by atoms with van der Waals surface area (Å²) in [7, 11) is 0. The number of benzene rings is 2. The van der Waals surface area contributed by atoms with Crippen molar-refractivity contribution in [1.29, 1.82) is 5.26 Å². The van der Waals surface area contributed by atoms with Crippen molar-refractivity contribution < 1.29 is 0 Å². The number of aromatic nitrogens is 3. The number of hydrogen-bond acceptors (Lipinski definition) is 3. The highest BCUT2D eigenvalue weighted by atomic mass is 15.4. The van der Waals surface area contributed by atoms with Crippen molar-refractivity contribution in [3.63, 3.8) is 0 Å². The lowest BCUT2D eigenvalue weighted by atomic mass is 10.1. The minimum absolute atomic E-state index is 0.339. The van der Waals surface area contributed by atoms with Crippen LogP contribution in [0.15, 0.2) is 42.5 Å². The second-order valence-corrected chi connectivity index (χ2v) is 5.40. The molecule has 0 radical (unpaired) electrons. The predicted octanol–water partition coefficient (Wildman–Crippen LogP) is 3.73. The molecule has 22 heavy (non-hydrogen) atoms. The largest absolute Gasteiger partial charge is 0.211 e. The SMILES string of the molecule is Cc1cccc(-c2c(C#N)nnn2-c2cccc(C)c2C)c1. The summed E-state index contributed by atoms with van der Waals surface area (Å²) in [5.41, 5.74) is 6.42. The fourth-order valence-electron chi connectivity index (χ4n) is 2.54. The van der Waals surface area contributed by atoms with Crippen LogP contribution in [0.4, 0.5) is 0 Å². The maximum atomic E-state index is 9.37. The third-order valence-corrected chi connectivity index (χ3v) is 3.87. The Balaban J connectivity index is 2.29. The summed E-state index contributed by atoms with van der Waals surface area (Å²) >= 11 is 0. The molecule has 0 aliphatic rings. The molecule has 4 heteroatoms. The van der Waals surface area contributed by atoms with Gasteiger partial charge in [-0.15, -0.1) is 5.10 Å². The van der Waals surface area contributed by atoms with Gasteiger partial charge in [-0.05, 0) is 44.0 Å². The van der Waals surface area contributed by atoms with Crippen molar-refractivity contribution in [3.05, 3.63) is 64.8 Å². The first-order valence-electron chi connectivity index (χ1n) is 7.11. The van der Waals surface area contributed by atoms with Gasteiger partial charge in [-0.3, -0.25) is 0 Å². The Morgan fingerprint density at radius 2 is 1.82 bits per heavy atom. The highest BCUT2D eigenvalue weighted by molar-refractivity contribution is 5.68. The van der Waals surface area contributed by atoms with Crippen LogP contribution in [0.2, 0.25) is 0 Å². The summed E-state index contributed by atoms with van der Waals surface area (Å²) in [4.78, 5) is 0. The van der Waals surface area contributed by atoms with Gasteiger partial charge in [0.15, 0.2) is 5.69 Å². The van der Waals surface area contributed by atoms with E-state index in [1.807, 2.05) is 43.3 Å². The van der Waals surface area contributed by atoms with E-state index in [9.17, 15) is 5.26 Å². The van der Waals surface area contributed by atoms with E-state index in [0.717, 1.165) is 28.1 Å². The highest BCUT2D eigenvalue weighted by Crippen LogP contribution is 2.27. The van der Waals surface area contributed by atoms with Crippen LogP contribution in [0.25, 0.3) is 16.9 Å². The molecule has 0 aliphatic carbocycles. The number of nitrogens with zero attached hydrogens (tertiary/aromatic N) is 4. The zero-order chi connectivity index (χ0) is 15.7. The molecule has 4 nitrogen and oxygen atoms in total. The monoisotopic (exact) mass is 288 g/mol. The Labute approximate surface area is 129 Å². The molecule has 0 aliphatic heterocycles. The van der Waals surface area contributed by atoms with E-state index >= 15 is 0 Å². The molecule has 3 aromatic rings. The lowest BCUT2D eigenvalue weighted by Gasteiger charge is -2.11. The van der Waals surface area contributed by atoms with Crippen LogP contribution in [0, 0.1) is 32.1 Å². The van der Waals surface area contributed by atoms with Crippen molar-refractivity contribution in [2.24, 2.45) is 0 Å². The minimum atomic E-state index is 0.339. The lowest BCUT2D eigenvalue weighted by molar-refractivity contribution is 0.801. The molecule has 0 amide bonds. The van der Waals surface area contributed by atoms with Gasteiger partial charge in [0, 0.05) is 5.56 Å². The molecule has 108 valence electrons. The molecule has 0 saturated heterocycles. The van der Waals surface area contributed by atoms with Gasteiger partial charge in [0.2, 0.25) is 0 Å². The number of hydrogen-bond donors (Lipinski definition) is 0. The van der Waals surface area contributed by atoms with Crippen LogP contribution in [0.5, 0.6) is 0 Å². The third-order valence-electron chi connectivity index (χ3n) is 3.87. The number of nitriles is 1. The van der Waals surface area contributed by atoms with Gasteiger partial charge in [0.1, 0.15) is 11.8 Å². The summed E-state index contributed by atoms with van der Waals surface area (Å²) in [6.45, 7) is 6.15. The summed E-state index contributed by atoms with van der Waals surface area (Å²) in [6, 6.07) is 16.2. The predicted molar refractivity (Wildman–Crippen MR) is 85.7 cm³/mol. The maximum absolute atomic E-state index is 9.37. The van der Waals surface area contributed by atoms with Crippen molar-refractivity contribution in [2.75, 3.05) is 0 Å². The van der Waals surface area contributed by atoms with E-state index < -0.39 is 0 Å². The van der Waals surface area contributed by atoms with Gasteiger partial charge in [0.25, 0.3) is 0 Å². The normalized spacial score (nSPS) is 10.5. The molecule has 0 saturated carbocycles. The molecule has 0 atom stereocenters. The molecule has 3 rings (SSSR count). The number of rotatable bonds is 2. The highest BCUT2D eigenvalue weighted by Gasteiger charge is 2.17. The van der Waals surface area contributed by atoms with Crippen molar-refractivity contribution in [2.45, 2.75) is 20.8 Å². The molecular formula is C18H16N4. The van der Waals surface area contributed by atoms with Crippen LogP contribution in [0.3, 0.4) is 0 Å². The molecular weight excluding hydrogens is 272 g/mol. The summed E-state index contributed by atoms with van der Waals surface area (Å²) < 4.78 is 1.76. The van der Waals surface area contributed by atoms with Crippen LogP contribution >= 0.6 is 0 Å². The van der Waals surface area contributed by atoms with Gasteiger partial charge in [-0.2, -0.15) is 5.26 Å². The molecule has 0 bridgehead atoms. The molecule has 2 aromatic carbocycles. The smallest absolute Gasteiger partial charge is 0.191 e. The summed E-state index contributed by atoms with van der Waals surface area (Å²) in [5.74, 6) is 0. The van der Waals surface area contributed by atoms with Gasteiger partial charge in [-0.1, -0.05) is 41.1 Å². The Kier molecular flexibility index (Phi) is 3.48. The molecule has 0 spiro atoms. The Morgan fingerprint density at radius 1 is 1.05 bits per heavy atom. The topological polar surface area (TPSA) is 54.5 Å². The fraction of sp³-hybridized carbons (Fsp3) is 0.167. The Bertz CT molecular complexity index is 884. The first kappa shape index (κ1) is 14.0. The maximum Gasteiger partial charge on any atom is 0.191 e. The van der Waals surface area contributed by atoms with E-state index in [1.54, 1.807) is 4.68 Å². The number of aryl methyl sites for hydroxylation is 2. The average Bonchev–Trinajstić information content (AvgIpc) is 2.93. The Hall–Kier alpha value is -2.93. The second kappa shape index (κ2) is 5.45. The van der Waals surface area contributed by atoms with Crippen molar-refractivity contribution >= 4 is 0 Å². The quantitative estimate of drug-likeness (QED) is 0.722. The van der Waals surface area contributed by atoms with Gasteiger partial charge >= 0.3 is 0 Å². The van der Waals surface area contributed by atoms with Crippen molar-refractivity contribution in [1.82, 2.24) is 15.0 Å². The van der Waals surface area contributed by atoms with Gasteiger partial charge < -0.3 is 0 Å². The Morgan fingerprint density at radius 3 is 2.55 bits per heavy atom. The zero-order valence-corrected chi connectivity index (χ0v) is 12.8. The minimum Gasteiger partial charge on any atom is -0.211 e. The first-order valence-corrected chi connectivity index (χ1v) is 7.11. The van der Waals surface area contributed by atoms with Crippen molar-refractivity contribution in [3.8, 4) is 23.0 Å². The van der Waals surface area contributed by atoms with E-state index in [4.69, 9.17) is 0 Å². The molecule has 0 fully saturated rings. The van der Waals surface area contributed by atoms with Gasteiger partial charge in [-0.25, -0.2) is 4.68 Å². The average molecular weight is 288 g/mol. The standard InChI is InChI=1S/C18H16N4/c1-12-6-4-8-15(10-12)18-16(11-19)20-21-22(18)17-9-5-7-13(2)14(17)3/h4-10H,1-3H3. The van der Waals surface area contributed by atoms with E-state index in [1.165, 1.54) is 5.56 Å². The third kappa shape index (κ3) is 2.27. The van der Waals surface area contributed by atoms with Crippen LogP contribution in [-0.2, 0) is 0 Å². The zero-order valence-electron chi connectivity index (χ0n) is 12.8. The fourth-order valence-corrected chi connectivity index (χ4v) is 2.54. The van der Waals surface area contributed by atoms with E-state index in [-0.39, 0.29) is 0 Å². The van der Waals surface area contributed by atoms with Crippen LogP contribution < -0.4 is 0 Å². The first-order chi connectivity index (χ1) is 10.6. The lowest BCUT2D eigenvalue weighted by Crippen LogP contribution is -2.03. The summed E-state index contributed by atoms with van der Waals surface area (Å²) in [5, 5.41) is 17.6. The van der Waals surface area contributed by atoms with E-state index in [2.05, 4.69) is 36.3 Å². The second-order valence-electron chi connectivity index (χ2n) is 5.40. The van der Waals surface area contributed by atoms with Gasteiger partial charge in [0.05, 0.1) is 5.69 Å². The van der Waals surface area contributed by atoms with E-state index in [0.29, 0.717) is 5.69 Å². The van der Waals surface area contributed by atoms with Crippen LogP contribution in [0.1, 0.15) is 22.4 Å². The molecule has 1 heterocycles.